The first kappa shape index (κ1) is 22.9. The van der Waals surface area contributed by atoms with Gasteiger partial charge in [-0.2, -0.15) is 0 Å². The lowest BCUT2D eigenvalue weighted by molar-refractivity contribution is -0.119. The number of aliphatic imine (C=N–C) groups is 1. The van der Waals surface area contributed by atoms with Gasteiger partial charge in [0, 0.05) is 20.1 Å². The molecular weight excluding hydrogens is 458 g/mol. The Morgan fingerprint density at radius 1 is 1.04 bits per heavy atom. The quantitative estimate of drug-likeness (QED) is 0.322. The van der Waals surface area contributed by atoms with Crippen molar-refractivity contribution in [3.8, 4) is 0 Å². The van der Waals surface area contributed by atoms with Crippen molar-refractivity contribution >= 4 is 35.8 Å². The smallest absolute Gasteiger partial charge is 0.239 e. The van der Waals surface area contributed by atoms with Gasteiger partial charge in [-0.25, -0.2) is 4.39 Å². The summed E-state index contributed by atoms with van der Waals surface area (Å²) in [4.78, 5) is 16.0. The Bertz CT molecular complexity index is 753. The molecular formula is C20H26FIN4O. The Morgan fingerprint density at radius 3 is 2.44 bits per heavy atom. The average Bonchev–Trinajstić information content (AvgIpc) is 2.65. The third kappa shape index (κ3) is 8.38. The van der Waals surface area contributed by atoms with Gasteiger partial charge in [0.25, 0.3) is 0 Å². The van der Waals surface area contributed by atoms with Gasteiger partial charge in [-0.15, -0.1) is 24.0 Å². The van der Waals surface area contributed by atoms with Crippen LogP contribution in [0.3, 0.4) is 0 Å². The lowest BCUT2D eigenvalue weighted by Crippen LogP contribution is -2.43. The highest BCUT2D eigenvalue weighted by Gasteiger charge is 2.04. The van der Waals surface area contributed by atoms with E-state index in [1.807, 2.05) is 36.4 Å². The molecule has 0 unspecified atom stereocenters. The molecule has 5 nitrogen and oxygen atoms in total. The number of rotatable bonds is 7. The van der Waals surface area contributed by atoms with Gasteiger partial charge in [-0.3, -0.25) is 9.79 Å². The Balaban J connectivity index is 0.00000364. The third-order valence-electron chi connectivity index (χ3n) is 3.91. The molecule has 146 valence electrons. The van der Waals surface area contributed by atoms with E-state index in [4.69, 9.17) is 0 Å². The Kier molecular flexibility index (Phi) is 10.4. The summed E-state index contributed by atoms with van der Waals surface area (Å²) in [7, 11) is 1.62. The topological polar surface area (TPSA) is 65.5 Å². The molecule has 0 aliphatic carbocycles. The van der Waals surface area contributed by atoms with Crippen molar-refractivity contribution in [3.63, 3.8) is 0 Å². The number of carbonyl (C=O) groups is 1. The minimum absolute atomic E-state index is 0. The summed E-state index contributed by atoms with van der Waals surface area (Å²) in [6, 6.07) is 15.1. The highest BCUT2D eigenvalue weighted by atomic mass is 127. The minimum atomic E-state index is -0.231. The Morgan fingerprint density at radius 2 is 1.78 bits per heavy atom. The van der Waals surface area contributed by atoms with E-state index >= 15 is 0 Å². The van der Waals surface area contributed by atoms with Crippen LogP contribution in [0.4, 0.5) is 4.39 Å². The van der Waals surface area contributed by atoms with Gasteiger partial charge in [0.15, 0.2) is 5.96 Å². The maximum atomic E-state index is 13.6. The summed E-state index contributed by atoms with van der Waals surface area (Å²) >= 11 is 0. The number of nitrogens with zero attached hydrogens (tertiary/aromatic N) is 1. The van der Waals surface area contributed by atoms with E-state index in [9.17, 15) is 9.18 Å². The van der Waals surface area contributed by atoms with Crippen LogP contribution in [0, 0.1) is 12.7 Å². The maximum absolute atomic E-state index is 13.6. The van der Waals surface area contributed by atoms with Crippen LogP contribution in [0.1, 0.15) is 16.7 Å². The van der Waals surface area contributed by atoms with Gasteiger partial charge >= 0.3 is 0 Å². The van der Waals surface area contributed by atoms with Gasteiger partial charge in [0.05, 0.1) is 6.54 Å². The van der Waals surface area contributed by atoms with Gasteiger partial charge < -0.3 is 16.0 Å². The first-order chi connectivity index (χ1) is 12.6. The van der Waals surface area contributed by atoms with E-state index in [2.05, 4.69) is 20.9 Å². The number of nitrogens with one attached hydrogen (secondary N) is 3. The van der Waals surface area contributed by atoms with Gasteiger partial charge in [-0.05, 0) is 36.1 Å². The molecule has 0 atom stereocenters. The lowest BCUT2D eigenvalue weighted by Gasteiger charge is -2.12. The summed E-state index contributed by atoms with van der Waals surface area (Å²) in [6.45, 7) is 2.85. The summed E-state index contributed by atoms with van der Waals surface area (Å²) in [5, 5.41) is 8.87. The van der Waals surface area contributed by atoms with Crippen LogP contribution in [0.15, 0.2) is 53.5 Å². The molecule has 0 aliphatic heterocycles. The molecule has 0 radical (unpaired) electrons. The second kappa shape index (κ2) is 12.3. The number of aryl methyl sites for hydroxylation is 1. The molecule has 0 spiro atoms. The number of hydrogen-bond acceptors (Lipinski definition) is 2. The molecule has 2 aromatic rings. The number of hydrogen-bond donors (Lipinski definition) is 3. The molecule has 0 aromatic heterocycles. The van der Waals surface area contributed by atoms with E-state index < -0.39 is 0 Å². The van der Waals surface area contributed by atoms with Crippen molar-refractivity contribution in [2.45, 2.75) is 19.9 Å². The predicted molar refractivity (Wildman–Crippen MR) is 118 cm³/mol. The van der Waals surface area contributed by atoms with Crippen LogP contribution in [-0.2, 0) is 17.8 Å². The molecule has 27 heavy (non-hydrogen) atoms. The number of benzene rings is 2. The number of carbonyl (C=O) groups excluding carboxylic acids is 1. The Hall–Kier alpha value is -2.16. The molecule has 7 heteroatoms. The van der Waals surface area contributed by atoms with Crippen molar-refractivity contribution in [3.05, 3.63) is 71.0 Å². The fourth-order valence-corrected chi connectivity index (χ4v) is 2.37. The van der Waals surface area contributed by atoms with E-state index in [1.165, 1.54) is 11.6 Å². The molecule has 0 fully saturated rings. The zero-order chi connectivity index (χ0) is 18.8. The molecule has 1 amide bonds. The molecule has 0 saturated carbocycles. The second-order valence-electron chi connectivity index (χ2n) is 5.95. The average molecular weight is 484 g/mol. The fourth-order valence-electron chi connectivity index (χ4n) is 2.37. The van der Waals surface area contributed by atoms with Crippen molar-refractivity contribution < 1.29 is 9.18 Å². The lowest BCUT2D eigenvalue weighted by atomic mass is 10.1. The van der Waals surface area contributed by atoms with E-state index in [0.717, 1.165) is 12.0 Å². The van der Waals surface area contributed by atoms with Gasteiger partial charge in [0.1, 0.15) is 5.82 Å². The standard InChI is InChI=1S/C20H25FN4O.HI/c1-15-8-9-17(12-18(15)21)13-24-20(22-2)25-14-19(26)23-11-10-16-6-4-3-5-7-16;/h3-9,12H,10-11,13-14H2,1-2H3,(H,23,26)(H2,22,24,25);1H. The molecule has 0 heterocycles. The predicted octanol–water partition coefficient (Wildman–Crippen LogP) is 2.78. The van der Waals surface area contributed by atoms with Crippen LogP contribution in [-0.4, -0.2) is 32.0 Å². The molecule has 3 N–H and O–H groups in total. The molecule has 0 aliphatic rings. The molecule has 2 rings (SSSR count). The van der Waals surface area contributed by atoms with E-state index in [1.54, 1.807) is 20.0 Å². The third-order valence-corrected chi connectivity index (χ3v) is 3.91. The monoisotopic (exact) mass is 484 g/mol. The molecule has 0 saturated heterocycles. The summed E-state index contributed by atoms with van der Waals surface area (Å²) in [5.74, 6) is 0.152. The van der Waals surface area contributed by atoms with Crippen molar-refractivity contribution in [1.82, 2.24) is 16.0 Å². The van der Waals surface area contributed by atoms with Crippen molar-refractivity contribution in [2.75, 3.05) is 20.1 Å². The summed E-state index contributed by atoms with van der Waals surface area (Å²) in [6.07, 6.45) is 0.790. The minimum Gasteiger partial charge on any atom is -0.354 e. The first-order valence-electron chi connectivity index (χ1n) is 8.58. The number of guanidine groups is 1. The van der Waals surface area contributed by atoms with Crippen LogP contribution < -0.4 is 16.0 Å². The maximum Gasteiger partial charge on any atom is 0.239 e. The molecule has 0 bridgehead atoms. The summed E-state index contributed by atoms with van der Waals surface area (Å²) < 4.78 is 13.6. The first-order valence-corrected chi connectivity index (χ1v) is 8.58. The summed E-state index contributed by atoms with van der Waals surface area (Å²) in [5.41, 5.74) is 2.61. The number of halogens is 2. The van der Waals surface area contributed by atoms with Crippen LogP contribution in [0.25, 0.3) is 0 Å². The van der Waals surface area contributed by atoms with Crippen LogP contribution in [0.2, 0.25) is 0 Å². The van der Waals surface area contributed by atoms with Crippen molar-refractivity contribution in [2.24, 2.45) is 4.99 Å². The van der Waals surface area contributed by atoms with Gasteiger partial charge in [0.2, 0.25) is 5.91 Å². The molecule has 2 aromatic carbocycles. The highest BCUT2D eigenvalue weighted by molar-refractivity contribution is 14.0. The van der Waals surface area contributed by atoms with Crippen LogP contribution >= 0.6 is 24.0 Å². The van der Waals surface area contributed by atoms with Crippen LogP contribution in [0.5, 0.6) is 0 Å². The van der Waals surface area contributed by atoms with E-state index in [-0.39, 0.29) is 42.2 Å². The SMILES string of the molecule is CN=C(NCC(=O)NCCc1ccccc1)NCc1ccc(C)c(F)c1.I. The zero-order valence-electron chi connectivity index (χ0n) is 15.6. The number of amides is 1. The second-order valence-corrected chi connectivity index (χ2v) is 5.95. The Labute approximate surface area is 176 Å². The van der Waals surface area contributed by atoms with Gasteiger partial charge in [-0.1, -0.05) is 42.5 Å². The van der Waals surface area contributed by atoms with Crippen molar-refractivity contribution in [1.29, 1.82) is 0 Å². The fraction of sp³-hybridized carbons (Fsp3) is 0.300. The van der Waals surface area contributed by atoms with E-state index in [0.29, 0.717) is 24.6 Å². The zero-order valence-corrected chi connectivity index (χ0v) is 17.9. The normalized spacial score (nSPS) is 10.7. The highest BCUT2D eigenvalue weighted by Crippen LogP contribution is 2.08. The largest absolute Gasteiger partial charge is 0.354 e.